The molecule has 1 unspecified atom stereocenters. The van der Waals surface area contributed by atoms with Crippen molar-refractivity contribution in [3.05, 3.63) is 46.8 Å². The lowest BCUT2D eigenvalue weighted by Gasteiger charge is -2.13. The van der Waals surface area contributed by atoms with E-state index in [1.54, 1.807) is 13.8 Å². The van der Waals surface area contributed by atoms with Crippen LogP contribution >= 0.6 is 0 Å². The molecule has 1 atom stereocenters. The van der Waals surface area contributed by atoms with Gasteiger partial charge in [-0.25, -0.2) is 4.79 Å². The molecule has 1 aromatic carbocycles. The highest BCUT2D eigenvalue weighted by Gasteiger charge is 2.22. The third-order valence-electron chi connectivity index (χ3n) is 2.88. The average Bonchev–Trinajstić information content (AvgIpc) is 2.71. The van der Waals surface area contributed by atoms with Crippen LogP contribution in [0.2, 0.25) is 0 Å². The predicted octanol–water partition coefficient (Wildman–Crippen LogP) is 2.86. The van der Waals surface area contributed by atoms with Gasteiger partial charge in [0.15, 0.2) is 0 Å². The molecule has 0 aliphatic rings. The van der Waals surface area contributed by atoms with E-state index in [9.17, 15) is 9.90 Å². The summed E-state index contributed by atoms with van der Waals surface area (Å²) in [5, 5.41) is 15.9. The number of nitrogens with zero attached hydrogens (tertiary/aromatic N) is 1. The molecule has 2 rings (SSSR count). The van der Waals surface area contributed by atoms with Crippen LogP contribution in [0.15, 0.2) is 24.3 Å². The van der Waals surface area contributed by atoms with Gasteiger partial charge in [-0.2, -0.15) is 5.10 Å². The largest absolute Gasteiger partial charge is 0.484 e. The number of carboxylic acid groups (broad SMARTS) is 1. The molecule has 0 amide bonds. The fourth-order valence-electron chi connectivity index (χ4n) is 1.96. The number of hydrogen-bond donors (Lipinski definition) is 2. The fourth-order valence-corrected chi connectivity index (χ4v) is 1.96. The molecule has 2 N–H and O–H groups in total. The lowest BCUT2D eigenvalue weighted by molar-refractivity contribution is 0.0691. The van der Waals surface area contributed by atoms with Gasteiger partial charge < -0.3 is 9.84 Å². The van der Waals surface area contributed by atoms with Crippen LogP contribution in [-0.2, 0) is 0 Å². The molecule has 0 radical (unpaired) electrons. The van der Waals surface area contributed by atoms with Gasteiger partial charge in [0.2, 0.25) is 0 Å². The Hall–Kier alpha value is -2.30. The summed E-state index contributed by atoms with van der Waals surface area (Å²) in [4.78, 5) is 11.2. The first-order valence-electron chi connectivity index (χ1n) is 6.00. The van der Waals surface area contributed by atoms with Crippen molar-refractivity contribution in [1.82, 2.24) is 10.2 Å². The number of benzene rings is 1. The number of aromatic nitrogens is 2. The van der Waals surface area contributed by atoms with Crippen LogP contribution in [0.5, 0.6) is 5.75 Å². The van der Waals surface area contributed by atoms with E-state index in [-0.39, 0.29) is 5.56 Å². The molecule has 1 aromatic heterocycles. The molecule has 5 heteroatoms. The van der Waals surface area contributed by atoms with Crippen LogP contribution in [0.4, 0.5) is 0 Å². The zero-order chi connectivity index (χ0) is 14.0. The van der Waals surface area contributed by atoms with Crippen LogP contribution in [-0.4, -0.2) is 21.3 Å². The normalized spacial score (nSPS) is 12.2. The number of H-pyrrole nitrogens is 1. The third kappa shape index (κ3) is 2.76. The van der Waals surface area contributed by atoms with Crippen molar-refractivity contribution in [3.8, 4) is 5.75 Å². The van der Waals surface area contributed by atoms with Crippen molar-refractivity contribution in [3.63, 3.8) is 0 Å². The molecule has 5 nitrogen and oxygen atoms in total. The van der Waals surface area contributed by atoms with Gasteiger partial charge in [0, 0.05) is 5.69 Å². The molecular formula is C14H16N2O3. The van der Waals surface area contributed by atoms with Crippen molar-refractivity contribution in [1.29, 1.82) is 0 Å². The molecule has 0 aliphatic heterocycles. The second-order valence-electron chi connectivity index (χ2n) is 4.49. The van der Waals surface area contributed by atoms with Gasteiger partial charge in [-0.05, 0) is 38.5 Å². The Morgan fingerprint density at radius 3 is 2.79 bits per heavy atom. The Morgan fingerprint density at radius 1 is 1.42 bits per heavy atom. The highest BCUT2D eigenvalue weighted by Crippen LogP contribution is 2.24. The molecular weight excluding hydrogens is 244 g/mol. The van der Waals surface area contributed by atoms with E-state index in [0.29, 0.717) is 17.1 Å². The lowest BCUT2D eigenvalue weighted by Crippen LogP contribution is -2.10. The minimum atomic E-state index is -0.999. The van der Waals surface area contributed by atoms with Crippen LogP contribution < -0.4 is 4.74 Å². The van der Waals surface area contributed by atoms with Crippen molar-refractivity contribution in [2.24, 2.45) is 0 Å². The zero-order valence-electron chi connectivity index (χ0n) is 11.1. The first-order valence-corrected chi connectivity index (χ1v) is 6.00. The molecule has 1 heterocycles. The van der Waals surface area contributed by atoms with Crippen LogP contribution in [0.25, 0.3) is 0 Å². The maximum atomic E-state index is 11.2. The highest BCUT2D eigenvalue weighted by molar-refractivity contribution is 5.90. The van der Waals surface area contributed by atoms with E-state index in [1.807, 2.05) is 31.2 Å². The van der Waals surface area contributed by atoms with Crippen LogP contribution in [0, 0.1) is 13.8 Å². The van der Waals surface area contributed by atoms with Gasteiger partial charge in [-0.3, -0.25) is 5.10 Å². The maximum absolute atomic E-state index is 11.2. The minimum absolute atomic E-state index is 0.181. The topological polar surface area (TPSA) is 75.2 Å². The van der Waals surface area contributed by atoms with Crippen molar-refractivity contribution < 1.29 is 14.6 Å². The summed E-state index contributed by atoms with van der Waals surface area (Å²) in [6.45, 7) is 5.43. The molecule has 0 aliphatic carbocycles. The van der Waals surface area contributed by atoms with Gasteiger partial charge in [-0.15, -0.1) is 0 Å². The third-order valence-corrected chi connectivity index (χ3v) is 2.88. The van der Waals surface area contributed by atoms with E-state index in [1.165, 1.54) is 0 Å². The standard InChI is InChI=1S/C14H16N2O3/c1-8-5-4-6-11(7-8)19-10(3)13-12(14(17)18)9(2)15-16-13/h4-7,10H,1-3H3,(H,15,16)(H,17,18). The maximum Gasteiger partial charge on any atom is 0.339 e. The second kappa shape index (κ2) is 5.14. The summed E-state index contributed by atoms with van der Waals surface area (Å²) in [5.74, 6) is -0.301. The van der Waals surface area contributed by atoms with Gasteiger partial charge in [0.1, 0.15) is 23.1 Å². The van der Waals surface area contributed by atoms with E-state index in [0.717, 1.165) is 5.56 Å². The Labute approximate surface area is 111 Å². The Morgan fingerprint density at radius 2 is 2.16 bits per heavy atom. The summed E-state index contributed by atoms with van der Waals surface area (Å²) in [6.07, 6.45) is -0.433. The number of aromatic carboxylic acids is 1. The van der Waals surface area contributed by atoms with E-state index in [2.05, 4.69) is 10.2 Å². The number of hydrogen-bond acceptors (Lipinski definition) is 3. The zero-order valence-corrected chi connectivity index (χ0v) is 11.1. The smallest absolute Gasteiger partial charge is 0.339 e. The molecule has 0 spiro atoms. The van der Waals surface area contributed by atoms with Gasteiger partial charge in [0.25, 0.3) is 0 Å². The van der Waals surface area contributed by atoms with Gasteiger partial charge >= 0.3 is 5.97 Å². The highest BCUT2D eigenvalue weighted by atomic mass is 16.5. The Bertz CT molecular complexity index is 604. The minimum Gasteiger partial charge on any atom is -0.484 e. The number of carboxylic acids is 1. The first kappa shape index (κ1) is 13.1. The second-order valence-corrected chi connectivity index (χ2v) is 4.49. The summed E-state index contributed by atoms with van der Waals surface area (Å²) in [7, 11) is 0. The van der Waals surface area contributed by atoms with Gasteiger partial charge in [-0.1, -0.05) is 12.1 Å². The van der Waals surface area contributed by atoms with Crippen molar-refractivity contribution >= 4 is 5.97 Å². The first-order chi connectivity index (χ1) is 8.99. The number of aryl methyl sites for hydroxylation is 2. The summed E-state index contributed by atoms with van der Waals surface area (Å²) >= 11 is 0. The number of rotatable bonds is 4. The molecule has 2 aromatic rings. The summed E-state index contributed by atoms with van der Waals surface area (Å²) < 4.78 is 5.74. The monoisotopic (exact) mass is 260 g/mol. The Kier molecular flexibility index (Phi) is 3.55. The number of ether oxygens (including phenoxy) is 1. The van der Waals surface area contributed by atoms with Crippen LogP contribution in [0.1, 0.15) is 40.3 Å². The SMILES string of the molecule is Cc1cccc(OC(C)c2n[nH]c(C)c2C(=O)O)c1. The quantitative estimate of drug-likeness (QED) is 0.886. The number of carbonyl (C=O) groups is 1. The predicted molar refractivity (Wildman–Crippen MR) is 70.5 cm³/mol. The number of nitrogens with one attached hydrogen (secondary N) is 1. The van der Waals surface area contributed by atoms with Gasteiger partial charge in [0.05, 0.1) is 0 Å². The molecule has 0 saturated heterocycles. The Balaban J connectivity index is 2.25. The van der Waals surface area contributed by atoms with Crippen molar-refractivity contribution in [2.45, 2.75) is 26.9 Å². The molecule has 0 fully saturated rings. The summed E-state index contributed by atoms with van der Waals surface area (Å²) in [6, 6.07) is 7.60. The van der Waals surface area contributed by atoms with E-state index < -0.39 is 12.1 Å². The summed E-state index contributed by atoms with van der Waals surface area (Å²) in [5.41, 5.74) is 2.20. The molecule has 0 bridgehead atoms. The molecule has 19 heavy (non-hydrogen) atoms. The molecule has 0 saturated carbocycles. The van der Waals surface area contributed by atoms with Crippen molar-refractivity contribution in [2.75, 3.05) is 0 Å². The van der Waals surface area contributed by atoms with E-state index in [4.69, 9.17) is 4.74 Å². The lowest BCUT2D eigenvalue weighted by atomic mass is 10.1. The van der Waals surface area contributed by atoms with E-state index >= 15 is 0 Å². The fraction of sp³-hybridized carbons (Fsp3) is 0.286. The average molecular weight is 260 g/mol. The molecule has 100 valence electrons. The number of aromatic amines is 1. The van der Waals surface area contributed by atoms with Crippen LogP contribution in [0.3, 0.4) is 0 Å².